The molecule has 0 saturated carbocycles. The summed E-state index contributed by atoms with van der Waals surface area (Å²) in [7, 11) is 0. The van der Waals surface area contributed by atoms with Crippen molar-refractivity contribution < 1.29 is 0 Å². The first-order valence-electron chi connectivity index (χ1n) is 20.5. The zero-order chi connectivity index (χ0) is 40.1. The summed E-state index contributed by atoms with van der Waals surface area (Å²) in [6.45, 7) is 11.2. The Labute approximate surface area is 347 Å². The standard InChI is InChI=1S/C58H45N/c1-39(23-32-51-40(2)58(3,4)57-22-14-13-21-54(51)57)41-26-29-49(30-27-41)59(48-19-9-6-10-20-48)50-31-34-53-47(36-50)25-24-45-35-46(28-33-52(45)53)56-38-44-18-12-11-17-43(44)37-55(56)42-15-7-5-8-16-42/h5-38H,2H2,1,3-4H3/b39-23+,51-32+. The predicted octanol–water partition coefficient (Wildman–Crippen LogP) is 16.3. The summed E-state index contributed by atoms with van der Waals surface area (Å²) in [6.07, 6.45) is 4.49. The molecule has 0 N–H and O–H groups in total. The van der Waals surface area contributed by atoms with Crippen molar-refractivity contribution >= 4 is 60.5 Å². The average molecular weight is 756 g/mol. The minimum absolute atomic E-state index is 0.0717. The maximum absolute atomic E-state index is 4.51. The maximum Gasteiger partial charge on any atom is 0.0468 e. The highest BCUT2D eigenvalue weighted by Crippen LogP contribution is 2.49. The predicted molar refractivity (Wildman–Crippen MR) is 255 cm³/mol. The third-order valence-electron chi connectivity index (χ3n) is 12.4. The Kier molecular flexibility index (Phi) is 8.96. The van der Waals surface area contributed by atoms with Gasteiger partial charge in [-0.15, -0.1) is 0 Å². The van der Waals surface area contributed by atoms with Crippen molar-refractivity contribution in [2.24, 2.45) is 0 Å². The summed E-state index contributed by atoms with van der Waals surface area (Å²) < 4.78 is 0. The van der Waals surface area contributed by atoms with E-state index in [0.29, 0.717) is 0 Å². The molecule has 0 fully saturated rings. The fourth-order valence-corrected chi connectivity index (χ4v) is 9.02. The molecule has 0 aliphatic heterocycles. The van der Waals surface area contributed by atoms with Crippen molar-refractivity contribution in [3.05, 3.63) is 235 Å². The van der Waals surface area contributed by atoms with Gasteiger partial charge in [0, 0.05) is 22.5 Å². The lowest BCUT2D eigenvalue weighted by Crippen LogP contribution is -2.13. The van der Waals surface area contributed by atoms with E-state index in [-0.39, 0.29) is 5.41 Å². The van der Waals surface area contributed by atoms with Crippen molar-refractivity contribution in [3.8, 4) is 22.3 Å². The summed E-state index contributed by atoms with van der Waals surface area (Å²) in [5.41, 5.74) is 15.6. The SMILES string of the molecule is C=C1/C(=C\C=C(/C)c2ccc(N(c3ccccc3)c3ccc4c(ccc5cc(-c6cc7ccccc7cc6-c6ccccc6)ccc54)c3)cc2)c2ccccc2C1(C)C. The molecule has 0 amide bonds. The second-order valence-electron chi connectivity index (χ2n) is 16.3. The molecule has 282 valence electrons. The second kappa shape index (κ2) is 14.6. The number of nitrogens with zero attached hydrogens (tertiary/aromatic N) is 1. The second-order valence-corrected chi connectivity index (χ2v) is 16.3. The van der Waals surface area contributed by atoms with Gasteiger partial charge < -0.3 is 4.90 Å². The molecule has 0 unspecified atom stereocenters. The monoisotopic (exact) mass is 755 g/mol. The van der Waals surface area contributed by atoms with E-state index in [1.165, 1.54) is 88.0 Å². The number of fused-ring (bicyclic) bond motifs is 5. The van der Waals surface area contributed by atoms with Crippen molar-refractivity contribution in [1.82, 2.24) is 0 Å². The molecule has 1 heteroatoms. The fraction of sp³-hybridized carbons (Fsp3) is 0.0690. The molecule has 0 saturated heterocycles. The largest absolute Gasteiger partial charge is 0.310 e. The quantitative estimate of drug-likeness (QED) is 0.146. The highest BCUT2D eigenvalue weighted by molar-refractivity contribution is 6.10. The van der Waals surface area contributed by atoms with Crippen molar-refractivity contribution in [3.63, 3.8) is 0 Å². The van der Waals surface area contributed by atoms with Gasteiger partial charge in [-0.05, 0) is 150 Å². The Morgan fingerprint density at radius 1 is 0.475 bits per heavy atom. The highest BCUT2D eigenvalue weighted by Gasteiger charge is 2.36. The third-order valence-corrected chi connectivity index (χ3v) is 12.4. The van der Waals surface area contributed by atoms with E-state index in [0.717, 1.165) is 17.1 Å². The van der Waals surface area contributed by atoms with Crippen LogP contribution < -0.4 is 4.90 Å². The first-order valence-corrected chi connectivity index (χ1v) is 20.5. The van der Waals surface area contributed by atoms with Crippen molar-refractivity contribution in [2.45, 2.75) is 26.2 Å². The Hall–Kier alpha value is -7.22. The molecule has 1 aliphatic carbocycles. The van der Waals surface area contributed by atoms with Crippen LogP contribution in [0.5, 0.6) is 0 Å². The number of hydrogen-bond donors (Lipinski definition) is 0. The molecule has 0 bridgehead atoms. The van der Waals surface area contributed by atoms with Crippen LogP contribution in [0.1, 0.15) is 37.5 Å². The third kappa shape index (κ3) is 6.46. The van der Waals surface area contributed by atoms with Gasteiger partial charge >= 0.3 is 0 Å². The van der Waals surface area contributed by atoms with Crippen LogP contribution >= 0.6 is 0 Å². The van der Waals surface area contributed by atoms with Crippen LogP contribution in [0.15, 0.2) is 218 Å². The van der Waals surface area contributed by atoms with Crippen LogP contribution in [0.2, 0.25) is 0 Å². The number of anilines is 3. The van der Waals surface area contributed by atoms with Gasteiger partial charge in [0.05, 0.1) is 0 Å². The summed E-state index contributed by atoms with van der Waals surface area (Å²) in [6, 6.07) is 70.8. The van der Waals surface area contributed by atoms with E-state index in [1.54, 1.807) is 0 Å². The Morgan fingerprint density at radius 3 is 1.75 bits per heavy atom. The Balaban J connectivity index is 0.992. The summed E-state index contributed by atoms with van der Waals surface area (Å²) >= 11 is 0. The number of hydrogen-bond acceptors (Lipinski definition) is 1. The molecule has 9 aromatic carbocycles. The normalized spacial score (nSPS) is 14.3. The van der Waals surface area contributed by atoms with Gasteiger partial charge in [0.2, 0.25) is 0 Å². The van der Waals surface area contributed by atoms with Crippen LogP contribution in [0.25, 0.3) is 65.7 Å². The number of benzene rings is 9. The van der Waals surface area contributed by atoms with Crippen LogP contribution in [0, 0.1) is 0 Å². The van der Waals surface area contributed by atoms with Crippen molar-refractivity contribution in [1.29, 1.82) is 0 Å². The Bertz CT molecular complexity index is 3130. The van der Waals surface area contributed by atoms with E-state index in [1.807, 2.05) is 0 Å². The zero-order valence-corrected chi connectivity index (χ0v) is 33.8. The molecule has 0 spiro atoms. The molecular formula is C58H45N. The van der Waals surface area contributed by atoms with Crippen LogP contribution in [0.4, 0.5) is 17.1 Å². The molecule has 0 radical (unpaired) electrons. The van der Waals surface area contributed by atoms with E-state index in [4.69, 9.17) is 0 Å². The van der Waals surface area contributed by atoms with Crippen LogP contribution in [0.3, 0.4) is 0 Å². The smallest absolute Gasteiger partial charge is 0.0468 e. The van der Waals surface area contributed by atoms with Gasteiger partial charge in [-0.25, -0.2) is 0 Å². The van der Waals surface area contributed by atoms with E-state index in [2.05, 4.69) is 239 Å². The molecule has 59 heavy (non-hydrogen) atoms. The Morgan fingerprint density at radius 2 is 1.03 bits per heavy atom. The number of rotatable bonds is 7. The minimum Gasteiger partial charge on any atom is -0.310 e. The molecular weight excluding hydrogens is 711 g/mol. The van der Waals surface area contributed by atoms with Gasteiger partial charge in [0.15, 0.2) is 0 Å². The van der Waals surface area contributed by atoms with E-state index < -0.39 is 0 Å². The molecule has 0 atom stereocenters. The zero-order valence-electron chi connectivity index (χ0n) is 33.8. The average Bonchev–Trinajstić information content (AvgIpc) is 3.48. The highest BCUT2D eigenvalue weighted by atomic mass is 15.1. The lowest BCUT2D eigenvalue weighted by Gasteiger charge is -2.26. The molecule has 0 aromatic heterocycles. The minimum atomic E-state index is -0.0717. The van der Waals surface area contributed by atoms with Gasteiger partial charge in [-0.1, -0.05) is 172 Å². The topological polar surface area (TPSA) is 3.24 Å². The molecule has 10 rings (SSSR count). The van der Waals surface area contributed by atoms with Gasteiger partial charge in [-0.2, -0.15) is 0 Å². The summed E-state index contributed by atoms with van der Waals surface area (Å²) in [5, 5.41) is 7.43. The van der Waals surface area contributed by atoms with Gasteiger partial charge in [0.1, 0.15) is 0 Å². The van der Waals surface area contributed by atoms with Crippen LogP contribution in [-0.4, -0.2) is 0 Å². The lowest BCUT2D eigenvalue weighted by atomic mass is 9.83. The van der Waals surface area contributed by atoms with Crippen LogP contribution in [-0.2, 0) is 5.41 Å². The molecule has 1 aliphatic rings. The first-order chi connectivity index (χ1) is 28.8. The molecule has 1 nitrogen and oxygen atoms in total. The van der Waals surface area contributed by atoms with E-state index >= 15 is 0 Å². The van der Waals surface area contributed by atoms with Gasteiger partial charge in [0.25, 0.3) is 0 Å². The van der Waals surface area contributed by atoms with Crippen molar-refractivity contribution in [2.75, 3.05) is 4.90 Å². The fourth-order valence-electron chi connectivity index (χ4n) is 9.02. The molecule has 9 aromatic rings. The lowest BCUT2D eigenvalue weighted by molar-refractivity contribution is 0.663. The summed E-state index contributed by atoms with van der Waals surface area (Å²) in [4.78, 5) is 2.35. The van der Waals surface area contributed by atoms with Gasteiger partial charge in [-0.3, -0.25) is 0 Å². The first kappa shape index (κ1) is 36.1. The maximum atomic E-state index is 4.51. The summed E-state index contributed by atoms with van der Waals surface area (Å²) in [5.74, 6) is 0. The number of para-hydroxylation sites is 1. The molecule has 0 heterocycles. The van der Waals surface area contributed by atoms with E-state index in [9.17, 15) is 0 Å². The number of allylic oxidation sites excluding steroid dienone is 5.